The lowest BCUT2D eigenvalue weighted by molar-refractivity contribution is 0.0691. The molecule has 0 atom stereocenters. The molecule has 0 saturated heterocycles. The van der Waals surface area contributed by atoms with Gasteiger partial charge in [-0.2, -0.15) is 10.1 Å². The van der Waals surface area contributed by atoms with Gasteiger partial charge in [-0.1, -0.05) is 91.1 Å². The number of carbonyl (C=O) groups excluding carboxylic acids is 2. The molecule has 2 amide bonds. The van der Waals surface area contributed by atoms with E-state index in [0.717, 1.165) is 10.6 Å². The molecule has 12 heteroatoms. The first kappa shape index (κ1) is 30.3. The van der Waals surface area contributed by atoms with Gasteiger partial charge < -0.3 is 5.11 Å². The molecular formula is C32H26N4O6S2. The largest absolute Gasteiger partial charge is 0.478 e. The summed E-state index contributed by atoms with van der Waals surface area (Å²) in [6.07, 6.45) is 0.616. The fourth-order valence-electron chi connectivity index (χ4n) is 4.41. The van der Waals surface area contributed by atoms with Gasteiger partial charge in [0.1, 0.15) is 5.01 Å². The first-order valence-electron chi connectivity index (χ1n) is 13.4. The van der Waals surface area contributed by atoms with E-state index in [1.54, 1.807) is 65.3 Å². The molecule has 0 fully saturated rings. The van der Waals surface area contributed by atoms with Crippen molar-refractivity contribution in [3.05, 3.63) is 135 Å². The van der Waals surface area contributed by atoms with E-state index in [4.69, 9.17) is 0 Å². The van der Waals surface area contributed by atoms with Crippen molar-refractivity contribution in [1.82, 2.24) is 14.5 Å². The molecule has 5 rings (SSSR count). The summed E-state index contributed by atoms with van der Waals surface area (Å²) in [7, 11) is -4.19. The third kappa shape index (κ3) is 6.72. The fraction of sp³-hybridized carbons (Fsp3) is 0.0938. The maximum Gasteiger partial charge on any atom is 0.336 e. The zero-order valence-electron chi connectivity index (χ0n) is 23.4. The van der Waals surface area contributed by atoms with E-state index in [1.807, 2.05) is 19.1 Å². The van der Waals surface area contributed by atoms with Crippen LogP contribution in [0.4, 0.5) is 0 Å². The summed E-state index contributed by atoms with van der Waals surface area (Å²) in [6.45, 7) is 2.19. The van der Waals surface area contributed by atoms with Crippen LogP contribution >= 0.6 is 11.3 Å². The van der Waals surface area contributed by atoms with Crippen LogP contribution in [0, 0.1) is 0 Å². The summed E-state index contributed by atoms with van der Waals surface area (Å²) >= 11 is 1.24. The van der Waals surface area contributed by atoms with Gasteiger partial charge in [0, 0.05) is 11.1 Å². The number of hydrogen-bond acceptors (Lipinski definition) is 7. The predicted molar refractivity (Wildman–Crippen MR) is 165 cm³/mol. The molecule has 0 bridgehead atoms. The molecule has 1 aromatic heterocycles. The second-order valence-corrected chi connectivity index (χ2v) is 12.2. The van der Waals surface area contributed by atoms with Crippen LogP contribution in [-0.2, 0) is 23.0 Å². The van der Waals surface area contributed by atoms with Crippen LogP contribution in [0.1, 0.15) is 48.6 Å². The predicted octanol–water partition coefficient (Wildman–Crippen LogP) is 4.78. The topological polar surface area (TPSA) is 148 Å². The molecule has 0 radical (unpaired) electrons. The Labute approximate surface area is 257 Å². The number of benzene rings is 4. The molecule has 0 aliphatic carbocycles. The lowest BCUT2D eigenvalue weighted by Gasteiger charge is -2.12. The number of aryl methyl sites for hydroxylation is 1. The van der Waals surface area contributed by atoms with Crippen LogP contribution in [0.15, 0.2) is 113 Å². The van der Waals surface area contributed by atoms with Crippen molar-refractivity contribution < 1.29 is 27.9 Å². The smallest absolute Gasteiger partial charge is 0.336 e. The van der Waals surface area contributed by atoms with E-state index in [2.05, 4.69) is 14.8 Å². The van der Waals surface area contributed by atoms with Crippen molar-refractivity contribution in [2.75, 3.05) is 0 Å². The molecule has 0 aliphatic heterocycles. The van der Waals surface area contributed by atoms with Gasteiger partial charge in [0.15, 0.2) is 0 Å². The van der Waals surface area contributed by atoms with Crippen LogP contribution in [0.2, 0.25) is 0 Å². The minimum absolute atomic E-state index is 0.0177. The Balaban J connectivity index is 1.41. The molecule has 1 heterocycles. The summed E-state index contributed by atoms with van der Waals surface area (Å²) in [4.78, 5) is 41.6. The van der Waals surface area contributed by atoms with Gasteiger partial charge in [0.05, 0.1) is 22.6 Å². The number of amides is 2. The van der Waals surface area contributed by atoms with E-state index in [-0.39, 0.29) is 28.1 Å². The third-order valence-electron chi connectivity index (χ3n) is 6.59. The molecule has 0 saturated carbocycles. The molecule has 44 heavy (non-hydrogen) atoms. The Morgan fingerprint density at radius 1 is 0.864 bits per heavy atom. The summed E-state index contributed by atoms with van der Waals surface area (Å²) < 4.78 is 30.2. The number of nitrogens with one attached hydrogen (secondary N) is 1. The Morgan fingerprint density at radius 2 is 1.50 bits per heavy atom. The number of carboxylic acids is 1. The standard InChI is InChI=1S/C32H26N4O6S2/c1-2-28-34-36(32(43-28)33-30(38)25-13-6-7-14-26(25)31(39)40)20-21-16-18-22(19-17-21)24-12-8-9-15-27(24)44(41,42)35-29(37)23-10-4-3-5-11-23/h3-19H,2,20H2,1H3,(H,35,37)(H,39,40). The highest BCUT2D eigenvalue weighted by Gasteiger charge is 2.22. The monoisotopic (exact) mass is 626 g/mol. The minimum atomic E-state index is -4.19. The van der Waals surface area contributed by atoms with Gasteiger partial charge in [-0.25, -0.2) is 22.6 Å². The molecule has 10 nitrogen and oxygen atoms in total. The van der Waals surface area contributed by atoms with Gasteiger partial charge in [0.25, 0.3) is 21.8 Å². The molecule has 4 aromatic carbocycles. The zero-order chi connectivity index (χ0) is 31.3. The third-order valence-corrected chi connectivity index (χ3v) is 9.07. The van der Waals surface area contributed by atoms with Crippen molar-refractivity contribution >= 4 is 39.1 Å². The summed E-state index contributed by atoms with van der Waals surface area (Å²) in [5.74, 6) is -2.63. The van der Waals surface area contributed by atoms with E-state index >= 15 is 0 Å². The molecule has 222 valence electrons. The van der Waals surface area contributed by atoms with Crippen molar-refractivity contribution in [2.24, 2.45) is 4.99 Å². The highest BCUT2D eigenvalue weighted by atomic mass is 32.2. The first-order valence-corrected chi connectivity index (χ1v) is 15.7. The Morgan fingerprint density at radius 3 is 2.18 bits per heavy atom. The number of hydrogen-bond donors (Lipinski definition) is 2. The van der Waals surface area contributed by atoms with Crippen LogP contribution in [0.3, 0.4) is 0 Å². The Hall–Kier alpha value is -5.20. The normalized spacial score (nSPS) is 11.7. The SMILES string of the molecule is CCc1nn(Cc2ccc(-c3ccccc3S(=O)(=O)NC(=O)c3ccccc3)cc2)c(=NC(=O)c2ccccc2C(=O)O)s1. The van der Waals surface area contributed by atoms with Crippen molar-refractivity contribution in [3.63, 3.8) is 0 Å². The number of carboxylic acid groups (broad SMARTS) is 1. The molecule has 2 N–H and O–H groups in total. The van der Waals surface area contributed by atoms with Crippen molar-refractivity contribution in [1.29, 1.82) is 0 Å². The number of aromatic nitrogens is 2. The lowest BCUT2D eigenvalue weighted by atomic mass is 10.0. The molecule has 0 aliphatic rings. The van der Waals surface area contributed by atoms with Crippen LogP contribution in [0.25, 0.3) is 11.1 Å². The first-order chi connectivity index (χ1) is 21.2. The van der Waals surface area contributed by atoms with Crippen LogP contribution < -0.4 is 9.52 Å². The molecular weight excluding hydrogens is 601 g/mol. The van der Waals surface area contributed by atoms with E-state index in [0.29, 0.717) is 22.3 Å². The number of carbonyl (C=O) groups is 3. The summed E-state index contributed by atoms with van der Waals surface area (Å²) in [6, 6.07) is 27.5. The van der Waals surface area contributed by atoms with Gasteiger partial charge in [-0.3, -0.25) is 9.59 Å². The zero-order valence-corrected chi connectivity index (χ0v) is 25.0. The minimum Gasteiger partial charge on any atom is -0.478 e. The van der Waals surface area contributed by atoms with E-state index in [9.17, 15) is 27.9 Å². The average Bonchev–Trinajstić information content (AvgIpc) is 3.42. The number of nitrogens with zero attached hydrogens (tertiary/aromatic N) is 3. The highest BCUT2D eigenvalue weighted by Crippen LogP contribution is 2.28. The molecule has 0 spiro atoms. The van der Waals surface area contributed by atoms with Gasteiger partial charge in [-0.15, -0.1) is 0 Å². The van der Waals surface area contributed by atoms with E-state index < -0.39 is 27.8 Å². The van der Waals surface area contributed by atoms with Gasteiger partial charge >= 0.3 is 5.97 Å². The number of sulfonamides is 1. The molecule has 0 unspecified atom stereocenters. The lowest BCUT2D eigenvalue weighted by Crippen LogP contribution is -2.30. The van der Waals surface area contributed by atoms with Crippen LogP contribution in [-0.4, -0.2) is 41.1 Å². The van der Waals surface area contributed by atoms with Crippen molar-refractivity contribution in [3.8, 4) is 11.1 Å². The maximum absolute atomic E-state index is 13.2. The quantitative estimate of drug-likeness (QED) is 0.239. The Kier molecular flexibility index (Phi) is 8.93. The highest BCUT2D eigenvalue weighted by molar-refractivity contribution is 7.90. The fourth-order valence-corrected chi connectivity index (χ4v) is 6.45. The number of aromatic carboxylic acids is 1. The van der Waals surface area contributed by atoms with E-state index in [1.165, 1.54) is 41.7 Å². The van der Waals surface area contributed by atoms with Gasteiger partial charge in [0.2, 0.25) is 4.80 Å². The number of rotatable bonds is 9. The van der Waals surface area contributed by atoms with Gasteiger partial charge in [-0.05, 0) is 47.9 Å². The Bertz CT molecular complexity index is 2030. The summed E-state index contributed by atoms with van der Waals surface area (Å²) in [5, 5.41) is 14.8. The van der Waals surface area contributed by atoms with Crippen molar-refractivity contribution in [2.45, 2.75) is 24.8 Å². The second-order valence-electron chi connectivity index (χ2n) is 9.55. The summed E-state index contributed by atoms with van der Waals surface area (Å²) in [5.41, 5.74) is 1.91. The molecule has 5 aromatic rings. The average molecular weight is 627 g/mol. The van der Waals surface area contributed by atoms with Crippen LogP contribution in [0.5, 0.6) is 0 Å². The second kappa shape index (κ2) is 13.0. The maximum atomic E-state index is 13.2.